The molecular formula is C15H18N2O2. The first-order valence-corrected chi connectivity index (χ1v) is 6.23. The highest BCUT2D eigenvalue weighted by molar-refractivity contribution is 5.69. The van der Waals surface area contributed by atoms with Crippen molar-refractivity contribution < 1.29 is 9.53 Å². The molecule has 1 heterocycles. The van der Waals surface area contributed by atoms with Gasteiger partial charge in [0.1, 0.15) is 12.4 Å². The number of aromatic nitrogens is 2. The molecular weight excluding hydrogens is 240 g/mol. The van der Waals surface area contributed by atoms with E-state index in [1.54, 1.807) is 12.4 Å². The summed E-state index contributed by atoms with van der Waals surface area (Å²) in [5.41, 5.74) is 5.53. The monoisotopic (exact) mass is 258 g/mol. The molecule has 0 fully saturated rings. The third-order valence-corrected chi connectivity index (χ3v) is 3.29. The van der Waals surface area contributed by atoms with Crippen molar-refractivity contribution in [2.45, 2.75) is 34.3 Å². The maximum absolute atomic E-state index is 11.0. The van der Waals surface area contributed by atoms with E-state index in [4.69, 9.17) is 4.74 Å². The minimum Gasteiger partial charge on any atom is -0.461 e. The lowest BCUT2D eigenvalue weighted by Crippen LogP contribution is -2.05. The van der Waals surface area contributed by atoms with Crippen LogP contribution in [0.2, 0.25) is 0 Å². The molecule has 4 heteroatoms. The number of nitrogens with zero attached hydrogens (tertiary/aromatic N) is 1. The number of hydrogen-bond acceptors (Lipinski definition) is 3. The molecule has 0 saturated carbocycles. The standard InChI is InChI=1S/C15H18N2O2/c1-9-7-10(2)14(15-16-5-6-17-15)11(3)13(9)8-19-12(4)18/h5-7H,8H2,1-4H3,(H,16,17). The van der Waals surface area contributed by atoms with E-state index in [1.807, 2.05) is 13.8 Å². The van der Waals surface area contributed by atoms with Gasteiger partial charge in [-0.2, -0.15) is 0 Å². The molecule has 1 aromatic carbocycles. The third kappa shape index (κ3) is 2.67. The number of rotatable bonds is 3. The van der Waals surface area contributed by atoms with Crippen molar-refractivity contribution >= 4 is 5.97 Å². The van der Waals surface area contributed by atoms with E-state index in [-0.39, 0.29) is 5.97 Å². The smallest absolute Gasteiger partial charge is 0.302 e. The number of benzene rings is 1. The molecule has 0 saturated heterocycles. The number of ether oxygens (including phenoxy) is 1. The van der Waals surface area contributed by atoms with Gasteiger partial charge in [-0.15, -0.1) is 0 Å². The average Bonchev–Trinajstić information content (AvgIpc) is 2.81. The molecule has 0 atom stereocenters. The number of esters is 1. The second-order valence-corrected chi connectivity index (χ2v) is 4.71. The summed E-state index contributed by atoms with van der Waals surface area (Å²) in [7, 11) is 0. The lowest BCUT2D eigenvalue weighted by atomic mass is 9.93. The molecule has 0 radical (unpaired) electrons. The zero-order valence-electron chi connectivity index (χ0n) is 11.7. The SMILES string of the molecule is CC(=O)OCc1c(C)cc(C)c(-c2ncc[nH]2)c1C. The quantitative estimate of drug-likeness (QED) is 0.861. The number of carbonyl (C=O) groups excluding carboxylic acids is 1. The van der Waals surface area contributed by atoms with Crippen LogP contribution in [0.1, 0.15) is 29.2 Å². The molecule has 0 spiro atoms. The van der Waals surface area contributed by atoms with Crippen LogP contribution in [-0.2, 0) is 16.1 Å². The fourth-order valence-electron chi connectivity index (χ4n) is 2.39. The largest absolute Gasteiger partial charge is 0.461 e. The molecule has 0 aliphatic carbocycles. The number of nitrogens with one attached hydrogen (secondary N) is 1. The average molecular weight is 258 g/mol. The van der Waals surface area contributed by atoms with Crippen LogP contribution >= 0.6 is 0 Å². The van der Waals surface area contributed by atoms with Crippen molar-refractivity contribution in [2.75, 3.05) is 0 Å². The van der Waals surface area contributed by atoms with Gasteiger partial charge in [0, 0.05) is 24.9 Å². The number of carbonyl (C=O) groups is 1. The number of imidazole rings is 1. The highest BCUT2D eigenvalue weighted by Crippen LogP contribution is 2.29. The fourth-order valence-corrected chi connectivity index (χ4v) is 2.39. The predicted octanol–water partition coefficient (Wildman–Crippen LogP) is 3.07. The Balaban J connectivity index is 2.50. The molecule has 0 aliphatic heterocycles. The van der Waals surface area contributed by atoms with E-state index < -0.39 is 0 Å². The molecule has 19 heavy (non-hydrogen) atoms. The molecule has 1 N–H and O–H groups in total. The third-order valence-electron chi connectivity index (χ3n) is 3.29. The first-order valence-electron chi connectivity index (χ1n) is 6.23. The van der Waals surface area contributed by atoms with Gasteiger partial charge in [-0.3, -0.25) is 4.79 Å². The van der Waals surface area contributed by atoms with Gasteiger partial charge in [0.05, 0.1) is 0 Å². The Morgan fingerprint density at radius 3 is 2.63 bits per heavy atom. The Bertz CT molecular complexity index is 601. The van der Waals surface area contributed by atoms with Crippen LogP contribution < -0.4 is 0 Å². The molecule has 0 unspecified atom stereocenters. The lowest BCUT2D eigenvalue weighted by Gasteiger charge is -2.16. The van der Waals surface area contributed by atoms with Gasteiger partial charge in [0.15, 0.2) is 0 Å². The van der Waals surface area contributed by atoms with Gasteiger partial charge in [-0.25, -0.2) is 4.98 Å². The van der Waals surface area contributed by atoms with Crippen molar-refractivity contribution in [1.29, 1.82) is 0 Å². The van der Waals surface area contributed by atoms with Crippen LogP contribution in [0.15, 0.2) is 18.5 Å². The first-order chi connectivity index (χ1) is 9.00. The zero-order valence-corrected chi connectivity index (χ0v) is 11.7. The van der Waals surface area contributed by atoms with Crippen LogP contribution in [0, 0.1) is 20.8 Å². The van der Waals surface area contributed by atoms with Crippen molar-refractivity contribution in [3.8, 4) is 11.4 Å². The Kier molecular flexibility index (Phi) is 3.69. The summed E-state index contributed by atoms with van der Waals surface area (Å²) >= 11 is 0. The maximum atomic E-state index is 11.0. The summed E-state index contributed by atoms with van der Waals surface area (Å²) < 4.78 is 5.13. The second kappa shape index (κ2) is 5.26. The summed E-state index contributed by atoms with van der Waals surface area (Å²) in [6.07, 6.45) is 3.54. The zero-order chi connectivity index (χ0) is 14.0. The van der Waals surface area contributed by atoms with Crippen molar-refractivity contribution in [2.24, 2.45) is 0 Å². The van der Waals surface area contributed by atoms with Gasteiger partial charge in [0.2, 0.25) is 0 Å². The minimum atomic E-state index is -0.265. The van der Waals surface area contributed by atoms with Crippen molar-refractivity contribution in [1.82, 2.24) is 9.97 Å². The van der Waals surface area contributed by atoms with E-state index in [0.717, 1.165) is 33.6 Å². The normalized spacial score (nSPS) is 10.5. The number of aromatic amines is 1. The Hall–Kier alpha value is -2.10. The highest BCUT2D eigenvalue weighted by Gasteiger charge is 2.14. The minimum absolute atomic E-state index is 0.265. The van der Waals surface area contributed by atoms with Crippen LogP contribution in [0.4, 0.5) is 0 Å². The van der Waals surface area contributed by atoms with Crippen LogP contribution in [0.25, 0.3) is 11.4 Å². The van der Waals surface area contributed by atoms with Crippen LogP contribution in [-0.4, -0.2) is 15.9 Å². The van der Waals surface area contributed by atoms with Gasteiger partial charge < -0.3 is 9.72 Å². The summed E-state index contributed by atoms with van der Waals surface area (Å²) in [4.78, 5) is 18.4. The predicted molar refractivity (Wildman–Crippen MR) is 73.7 cm³/mol. The lowest BCUT2D eigenvalue weighted by molar-refractivity contribution is -0.142. The first kappa shape index (κ1) is 13.3. The van der Waals surface area contributed by atoms with Crippen LogP contribution in [0.3, 0.4) is 0 Å². The molecule has 0 aliphatic rings. The molecule has 1 aromatic heterocycles. The fraction of sp³-hybridized carbons (Fsp3) is 0.333. The van der Waals surface area contributed by atoms with Gasteiger partial charge in [-0.1, -0.05) is 6.07 Å². The number of hydrogen-bond donors (Lipinski definition) is 1. The summed E-state index contributed by atoms with van der Waals surface area (Å²) in [5.74, 6) is 0.581. The van der Waals surface area contributed by atoms with Gasteiger partial charge in [-0.05, 0) is 43.0 Å². The highest BCUT2D eigenvalue weighted by atomic mass is 16.5. The van der Waals surface area contributed by atoms with Gasteiger partial charge >= 0.3 is 5.97 Å². The topological polar surface area (TPSA) is 55.0 Å². The molecule has 0 amide bonds. The van der Waals surface area contributed by atoms with E-state index in [1.165, 1.54) is 6.92 Å². The maximum Gasteiger partial charge on any atom is 0.302 e. The summed E-state index contributed by atoms with van der Waals surface area (Å²) in [6.45, 7) is 7.86. The Morgan fingerprint density at radius 2 is 2.05 bits per heavy atom. The number of aryl methyl sites for hydroxylation is 2. The van der Waals surface area contributed by atoms with Gasteiger partial charge in [0.25, 0.3) is 0 Å². The Morgan fingerprint density at radius 1 is 1.32 bits per heavy atom. The summed E-state index contributed by atoms with van der Waals surface area (Å²) in [5, 5.41) is 0. The molecule has 2 aromatic rings. The molecule has 2 rings (SSSR count). The van der Waals surface area contributed by atoms with Crippen molar-refractivity contribution in [3.63, 3.8) is 0 Å². The van der Waals surface area contributed by atoms with E-state index in [9.17, 15) is 4.79 Å². The van der Waals surface area contributed by atoms with E-state index >= 15 is 0 Å². The molecule has 4 nitrogen and oxygen atoms in total. The molecule has 100 valence electrons. The van der Waals surface area contributed by atoms with E-state index in [0.29, 0.717) is 6.61 Å². The van der Waals surface area contributed by atoms with Crippen LogP contribution in [0.5, 0.6) is 0 Å². The van der Waals surface area contributed by atoms with Crippen molar-refractivity contribution in [3.05, 3.63) is 40.7 Å². The summed E-state index contributed by atoms with van der Waals surface area (Å²) in [6, 6.07) is 2.10. The van der Waals surface area contributed by atoms with E-state index in [2.05, 4.69) is 23.0 Å². The second-order valence-electron chi connectivity index (χ2n) is 4.71. The Labute approximate surface area is 112 Å². The number of H-pyrrole nitrogens is 1. The molecule has 0 bridgehead atoms.